The maximum Gasteiger partial charge on any atom is 0.0647 e. The standard InChI is InChI=1S/C22H36O/c1-14-8-10-21(4)15(12-14)6-7-16-17(21)9-11-22(5)18(16)13-20(2,3)19(22)23/h8,15-19,23H,6-7,9-13H2,1-5H3/t15-,16+,17-,18-,19+,21-,22-/m0/s1. The third kappa shape index (κ3) is 2.08. The first-order valence-corrected chi connectivity index (χ1v) is 10.0. The summed E-state index contributed by atoms with van der Waals surface area (Å²) in [7, 11) is 0. The minimum absolute atomic E-state index is 0.106. The molecular formula is C22H36O. The molecular weight excluding hydrogens is 280 g/mol. The van der Waals surface area contributed by atoms with E-state index in [9.17, 15) is 5.11 Å². The van der Waals surface area contributed by atoms with Gasteiger partial charge in [-0.05, 0) is 91.8 Å². The fourth-order valence-corrected chi connectivity index (χ4v) is 7.70. The Labute approximate surface area is 142 Å². The number of rotatable bonds is 0. The van der Waals surface area contributed by atoms with Gasteiger partial charge in [0.1, 0.15) is 0 Å². The van der Waals surface area contributed by atoms with Gasteiger partial charge in [-0.3, -0.25) is 0 Å². The average molecular weight is 317 g/mol. The van der Waals surface area contributed by atoms with Gasteiger partial charge in [0.05, 0.1) is 6.10 Å². The van der Waals surface area contributed by atoms with Gasteiger partial charge >= 0.3 is 0 Å². The summed E-state index contributed by atoms with van der Waals surface area (Å²) >= 11 is 0. The molecule has 1 N–H and O–H groups in total. The van der Waals surface area contributed by atoms with E-state index >= 15 is 0 Å². The first kappa shape index (κ1) is 16.2. The number of hydrogen-bond donors (Lipinski definition) is 1. The van der Waals surface area contributed by atoms with Crippen molar-refractivity contribution >= 4 is 0 Å². The van der Waals surface area contributed by atoms with Crippen molar-refractivity contribution in [3.8, 4) is 0 Å². The van der Waals surface area contributed by atoms with Crippen LogP contribution in [-0.2, 0) is 0 Å². The van der Waals surface area contributed by atoms with Crippen LogP contribution in [0.4, 0.5) is 0 Å². The maximum atomic E-state index is 11.0. The van der Waals surface area contributed by atoms with Crippen molar-refractivity contribution in [3.05, 3.63) is 11.6 Å². The van der Waals surface area contributed by atoms with Gasteiger partial charge in [-0.25, -0.2) is 0 Å². The largest absolute Gasteiger partial charge is 0.392 e. The van der Waals surface area contributed by atoms with Gasteiger partial charge in [-0.1, -0.05) is 39.3 Å². The third-order valence-corrected chi connectivity index (χ3v) is 9.07. The Balaban J connectivity index is 1.67. The SMILES string of the molecule is CC1=CC[C@@]2(C)[C@@H](CC[C@@H]3[C@@H]2CC[C@]2(C)[C@H](O)C(C)(C)C[C@@H]32)C1. The predicted molar refractivity (Wildman–Crippen MR) is 96.0 cm³/mol. The summed E-state index contributed by atoms with van der Waals surface area (Å²) in [5.74, 6) is 3.41. The van der Waals surface area contributed by atoms with E-state index in [1.54, 1.807) is 5.57 Å². The van der Waals surface area contributed by atoms with Gasteiger partial charge in [0.15, 0.2) is 0 Å². The Bertz CT molecular complexity index is 532. The van der Waals surface area contributed by atoms with Crippen LogP contribution in [0.1, 0.15) is 79.6 Å². The topological polar surface area (TPSA) is 20.2 Å². The fraction of sp³-hybridized carbons (Fsp3) is 0.909. The van der Waals surface area contributed by atoms with Crippen molar-refractivity contribution in [2.24, 2.45) is 39.9 Å². The highest BCUT2D eigenvalue weighted by atomic mass is 16.3. The highest BCUT2D eigenvalue weighted by Gasteiger charge is 2.63. The van der Waals surface area contributed by atoms with Crippen molar-refractivity contribution in [1.29, 1.82) is 0 Å². The summed E-state index contributed by atoms with van der Waals surface area (Å²) in [5, 5.41) is 11.0. The monoisotopic (exact) mass is 316 g/mol. The van der Waals surface area contributed by atoms with Gasteiger partial charge in [0.25, 0.3) is 0 Å². The zero-order valence-electron chi connectivity index (χ0n) is 15.9. The van der Waals surface area contributed by atoms with Crippen molar-refractivity contribution in [3.63, 3.8) is 0 Å². The Morgan fingerprint density at radius 1 is 1.00 bits per heavy atom. The molecule has 0 aromatic carbocycles. The lowest BCUT2D eigenvalue weighted by atomic mass is 9.45. The average Bonchev–Trinajstić information content (AvgIpc) is 2.68. The first-order chi connectivity index (χ1) is 10.7. The van der Waals surface area contributed by atoms with E-state index in [4.69, 9.17) is 0 Å². The van der Waals surface area contributed by atoms with Crippen LogP contribution < -0.4 is 0 Å². The molecule has 23 heavy (non-hydrogen) atoms. The van der Waals surface area contributed by atoms with Crippen LogP contribution in [0.3, 0.4) is 0 Å². The van der Waals surface area contributed by atoms with E-state index in [0.717, 1.165) is 23.7 Å². The molecule has 4 aliphatic rings. The minimum Gasteiger partial charge on any atom is -0.392 e. The number of aliphatic hydroxyl groups is 1. The lowest BCUT2D eigenvalue weighted by molar-refractivity contribution is -0.113. The van der Waals surface area contributed by atoms with E-state index < -0.39 is 0 Å². The second-order valence-corrected chi connectivity index (χ2v) is 10.8. The lowest BCUT2D eigenvalue weighted by Crippen LogP contribution is -2.53. The molecule has 0 spiro atoms. The molecule has 3 fully saturated rings. The second kappa shape index (κ2) is 4.87. The van der Waals surface area contributed by atoms with Gasteiger partial charge in [-0.2, -0.15) is 0 Å². The first-order valence-electron chi connectivity index (χ1n) is 10.0. The van der Waals surface area contributed by atoms with Crippen LogP contribution in [0.5, 0.6) is 0 Å². The van der Waals surface area contributed by atoms with E-state index in [1.807, 2.05) is 0 Å². The van der Waals surface area contributed by atoms with E-state index in [0.29, 0.717) is 5.41 Å². The quantitative estimate of drug-likeness (QED) is 0.578. The van der Waals surface area contributed by atoms with Gasteiger partial charge < -0.3 is 5.11 Å². The van der Waals surface area contributed by atoms with Crippen LogP contribution in [0, 0.1) is 39.9 Å². The molecule has 0 heterocycles. The van der Waals surface area contributed by atoms with Crippen LogP contribution in [0.15, 0.2) is 11.6 Å². The van der Waals surface area contributed by atoms with Gasteiger partial charge in [0, 0.05) is 0 Å². The van der Waals surface area contributed by atoms with Gasteiger partial charge in [0.2, 0.25) is 0 Å². The zero-order valence-corrected chi connectivity index (χ0v) is 15.9. The van der Waals surface area contributed by atoms with Crippen LogP contribution in [0.2, 0.25) is 0 Å². The minimum atomic E-state index is -0.111. The highest BCUT2D eigenvalue weighted by molar-refractivity contribution is 5.17. The van der Waals surface area contributed by atoms with E-state index in [1.165, 1.54) is 44.9 Å². The summed E-state index contributed by atoms with van der Waals surface area (Å²) in [6, 6.07) is 0. The molecule has 0 aliphatic heterocycles. The highest BCUT2D eigenvalue weighted by Crippen LogP contribution is 2.68. The smallest absolute Gasteiger partial charge is 0.0647 e. The maximum absolute atomic E-state index is 11.0. The molecule has 0 bridgehead atoms. The molecule has 0 aromatic heterocycles. The second-order valence-electron chi connectivity index (χ2n) is 10.8. The normalized spacial score (nSPS) is 54.7. The lowest BCUT2D eigenvalue weighted by Gasteiger charge is -2.59. The molecule has 0 radical (unpaired) electrons. The predicted octanol–water partition coefficient (Wildman–Crippen LogP) is 5.58. The number of fused-ring (bicyclic) bond motifs is 5. The summed E-state index contributed by atoms with van der Waals surface area (Å²) in [4.78, 5) is 0. The van der Waals surface area contributed by atoms with Crippen LogP contribution >= 0.6 is 0 Å². The molecule has 1 nitrogen and oxygen atoms in total. The summed E-state index contributed by atoms with van der Waals surface area (Å²) in [6.07, 6.45) is 11.8. The molecule has 1 heteroatoms. The summed E-state index contributed by atoms with van der Waals surface area (Å²) in [6.45, 7) is 12.0. The molecule has 4 rings (SSSR count). The van der Waals surface area contributed by atoms with Crippen molar-refractivity contribution in [2.45, 2.75) is 85.7 Å². The van der Waals surface area contributed by atoms with Crippen molar-refractivity contribution < 1.29 is 5.11 Å². The summed E-state index contributed by atoms with van der Waals surface area (Å²) < 4.78 is 0. The summed E-state index contributed by atoms with van der Waals surface area (Å²) in [5.41, 5.74) is 2.44. The third-order valence-electron chi connectivity index (χ3n) is 9.07. The number of allylic oxidation sites excluding steroid dienone is 2. The van der Waals surface area contributed by atoms with E-state index in [2.05, 4.69) is 40.7 Å². The molecule has 0 aromatic rings. The molecule has 7 atom stereocenters. The van der Waals surface area contributed by atoms with Crippen molar-refractivity contribution in [2.75, 3.05) is 0 Å². The van der Waals surface area contributed by atoms with Gasteiger partial charge in [-0.15, -0.1) is 0 Å². The molecule has 0 saturated heterocycles. The molecule has 0 unspecified atom stereocenters. The van der Waals surface area contributed by atoms with Crippen molar-refractivity contribution in [1.82, 2.24) is 0 Å². The number of aliphatic hydroxyl groups excluding tert-OH is 1. The Morgan fingerprint density at radius 3 is 2.48 bits per heavy atom. The fourth-order valence-electron chi connectivity index (χ4n) is 7.70. The Hall–Kier alpha value is -0.300. The van der Waals surface area contributed by atoms with Crippen LogP contribution in [-0.4, -0.2) is 11.2 Å². The Morgan fingerprint density at radius 2 is 1.74 bits per heavy atom. The Kier molecular flexibility index (Phi) is 3.43. The van der Waals surface area contributed by atoms with Crippen LogP contribution in [0.25, 0.3) is 0 Å². The molecule has 0 amide bonds. The molecule has 4 aliphatic carbocycles. The number of hydrogen-bond acceptors (Lipinski definition) is 1. The van der Waals surface area contributed by atoms with E-state index in [-0.39, 0.29) is 16.9 Å². The zero-order chi connectivity index (χ0) is 16.6. The molecule has 3 saturated carbocycles. The molecule has 130 valence electrons.